The predicted octanol–water partition coefficient (Wildman–Crippen LogP) is 3.25. The number of benzene rings is 1. The molecule has 1 aliphatic rings. The summed E-state index contributed by atoms with van der Waals surface area (Å²) in [7, 11) is 2.16. The highest BCUT2D eigenvalue weighted by Gasteiger charge is 2.24. The first kappa shape index (κ1) is 11.3. The van der Waals surface area contributed by atoms with Gasteiger partial charge >= 0.3 is 0 Å². The molecule has 18 heavy (non-hydrogen) atoms. The average Bonchev–Trinajstić information content (AvgIpc) is 2.69. The largest absolute Gasteiger partial charge is 0.367 e. The van der Waals surface area contributed by atoms with Gasteiger partial charge in [-0.3, -0.25) is 0 Å². The van der Waals surface area contributed by atoms with Crippen LogP contribution in [0.15, 0.2) is 24.3 Å². The van der Waals surface area contributed by atoms with Crippen LogP contribution in [0.25, 0.3) is 5.69 Å². The molecule has 0 bridgehead atoms. The molecule has 0 saturated carbocycles. The summed E-state index contributed by atoms with van der Waals surface area (Å²) in [5.74, 6) is 0.528. The Morgan fingerprint density at radius 1 is 1.28 bits per heavy atom. The van der Waals surface area contributed by atoms with Crippen molar-refractivity contribution in [2.45, 2.75) is 33.2 Å². The Labute approximate surface area is 108 Å². The average molecular weight is 241 g/mol. The summed E-state index contributed by atoms with van der Waals surface area (Å²) >= 11 is 0. The highest BCUT2D eigenvalue weighted by Crippen LogP contribution is 2.37. The third-order valence-electron chi connectivity index (χ3n) is 3.58. The monoisotopic (exact) mass is 241 g/mol. The molecule has 3 nitrogen and oxygen atoms in total. The Morgan fingerprint density at radius 2 is 2.06 bits per heavy atom. The molecule has 0 saturated heterocycles. The topological polar surface area (TPSA) is 21.1 Å². The van der Waals surface area contributed by atoms with E-state index in [0.717, 1.165) is 12.2 Å². The van der Waals surface area contributed by atoms with E-state index in [1.165, 1.54) is 22.6 Å². The molecule has 1 aliphatic heterocycles. The third-order valence-corrected chi connectivity index (χ3v) is 3.58. The van der Waals surface area contributed by atoms with Gasteiger partial charge in [0.25, 0.3) is 0 Å². The Hall–Kier alpha value is -1.77. The second kappa shape index (κ2) is 3.87. The lowest BCUT2D eigenvalue weighted by Gasteiger charge is -2.31. The normalized spacial score (nSPS) is 13.7. The number of hydrogen-bond donors (Lipinski definition) is 0. The van der Waals surface area contributed by atoms with E-state index in [1.54, 1.807) is 0 Å². The molecule has 3 rings (SSSR count). The molecule has 0 fully saturated rings. The number of aryl methyl sites for hydroxylation is 1. The van der Waals surface area contributed by atoms with Crippen molar-refractivity contribution in [1.82, 2.24) is 9.78 Å². The number of fused-ring (bicyclic) bond motifs is 3. The van der Waals surface area contributed by atoms with Gasteiger partial charge in [0.2, 0.25) is 0 Å². The van der Waals surface area contributed by atoms with Crippen LogP contribution < -0.4 is 4.90 Å². The minimum atomic E-state index is 0.528. The molecule has 1 aromatic carbocycles. The van der Waals surface area contributed by atoms with Crippen LogP contribution in [-0.2, 0) is 6.54 Å². The van der Waals surface area contributed by atoms with E-state index in [4.69, 9.17) is 0 Å². The second-order valence-electron chi connectivity index (χ2n) is 5.41. The van der Waals surface area contributed by atoms with Crippen LogP contribution in [-0.4, -0.2) is 16.8 Å². The lowest BCUT2D eigenvalue weighted by molar-refractivity contribution is 0.723. The number of nitrogens with zero attached hydrogens (tertiary/aromatic N) is 3. The number of aromatic nitrogens is 2. The molecule has 0 aliphatic carbocycles. The highest BCUT2D eigenvalue weighted by molar-refractivity contribution is 5.70. The van der Waals surface area contributed by atoms with Crippen LogP contribution in [0, 0.1) is 6.92 Å². The van der Waals surface area contributed by atoms with Gasteiger partial charge in [0.15, 0.2) is 0 Å². The van der Waals surface area contributed by atoms with Gasteiger partial charge in [0.1, 0.15) is 0 Å². The summed E-state index contributed by atoms with van der Waals surface area (Å²) in [5, 5.41) is 4.62. The van der Waals surface area contributed by atoms with Gasteiger partial charge in [-0.15, -0.1) is 0 Å². The van der Waals surface area contributed by atoms with Crippen molar-refractivity contribution in [3.05, 3.63) is 41.2 Å². The van der Waals surface area contributed by atoms with Crippen molar-refractivity contribution in [3.63, 3.8) is 0 Å². The van der Waals surface area contributed by atoms with Crippen LogP contribution in [0.5, 0.6) is 0 Å². The maximum atomic E-state index is 4.62. The van der Waals surface area contributed by atoms with Crippen molar-refractivity contribution in [2.75, 3.05) is 11.9 Å². The Bertz CT molecular complexity index is 596. The zero-order chi connectivity index (χ0) is 12.9. The molecule has 0 N–H and O–H groups in total. The van der Waals surface area contributed by atoms with Crippen LogP contribution >= 0.6 is 0 Å². The Morgan fingerprint density at radius 3 is 2.78 bits per heavy atom. The molecule has 0 amide bonds. The lowest BCUT2D eigenvalue weighted by atomic mass is 9.98. The first-order valence-corrected chi connectivity index (χ1v) is 6.48. The fourth-order valence-electron chi connectivity index (χ4n) is 2.80. The minimum absolute atomic E-state index is 0.528. The molecule has 94 valence electrons. The number of para-hydroxylation sites is 1. The maximum absolute atomic E-state index is 4.62. The highest BCUT2D eigenvalue weighted by atomic mass is 15.3. The molecule has 0 atom stereocenters. The van der Waals surface area contributed by atoms with Crippen LogP contribution in [0.1, 0.15) is 36.7 Å². The number of anilines is 1. The van der Waals surface area contributed by atoms with Gasteiger partial charge in [0.05, 0.1) is 29.3 Å². The summed E-state index contributed by atoms with van der Waals surface area (Å²) < 4.78 is 2.09. The van der Waals surface area contributed by atoms with E-state index in [0.29, 0.717) is 5.92 Å². The Balaban J connectivity index is 2.28. The summed E-state index contributed by atoms with van der Waals surface area (Å²) in [4.78, 5) is 2.33. The second-order valence-corrected chi connectivity index (χ2v) is 5.41. The molecule has 3 heteroatoms. The van der Waals surface area contributed by atoms with Gasteiger partial charge in [0, 0.05) is 7.05 Å². The molecule has 2 aromatic rings. The van der Waals surface area contributed by atoms with Crippen molar-refractivity contribution in [1.29, 1.82) is 0 Å². The molecule has 0 spiro atoms. The first-order chi connectivity index (χ1) is 8.58. The lowest BCUT2D eigenvalue weighted by Crippen LogP contribution is -2.27. The summed E-state index contributed by atoms with van der Waals surface area (Å²) in [5.41, 5.74) is 6.28. The summed E-state index contributed by atoms with van der Waals surface area (Å²) in [6.45, 7) is 7.47. The molecule has 0 radical (unpaired) electrons. The van der Waals surface area contributed by atoms with E-state index in [-0.39, 0.29) is 0 Å². The van der Waals surface area contributed by atoms with Crippen molar-refractivity contribution < 1.29 is 0 Å². The van der Waals surface area contributed by atoms with E-state index < -0.39 is 0 Å². The van der Waals surface area contributed by atoms with Gasteiger partial charge in [-0.05, 0) is 30.5 Å². The molecule has 2 heterocycles. The SMILES string of the molecule is Cc1cc2n(n1)-c1cccc(C(C)C)c1N(C)C2. The number of hydrogen-bond acceptors (Lipinski definition) is 2. The fraction of sp³-hybridized carbons (Fsp3) is 0.400. The zero-order valence-electron chi connectivity index (χ0n) is 11.4. The standard InChI is InChI=1S/C15H19N3/c1-10(2)13-6-5-7-14-15(13)17(4)9-12-8-11(3)16-18(12)14/h5-8,10H,9H2,1-4H3. The minimum Gasteiger partial charge on any atom is -0.367 e. The van der Waals surface area contributed by atoms with Gasteiger partial charge in [-0.25, -0.2) is 4.68 Å². The van der Waals surface area contributed by atoms with Gasteiger partial charge in [-0.2, -0.15) is 5.10 Å². The smallest absolute Gasteiger partial charge is 0.0886 e. The summed E-state index contributed by atoms with van der Waals surface area (Å²) in [6, 6.07) is 8.68. The van der Waals surface area contributed by atoms with Crippen molar-refractivity contribution >= 4 is 5.69 Å². The van der Waals surface area contributed by atoms with Crippen LogP contribution in [0.4, 0.5) is 5.69 Å². The van der Waals surface area contributed by atoms with E-state index in [2.05, 4.69) is 66.8 Å². The predicted molar refractivity (Wildman–Crippen MR) is 74.5 cm³/mol. The quantitative estimate of drug-likeness (QED) is 0.764. The van der Waals surface area contributed by atoms with Gasteiger partial charge in [-0.1, -0.05) is 26.0 Å². The van der Waals surface area contributed by atoms with Crippen LogP contribution in [0.2, 0.25) is 0 Å². The van der Waals surface area contributed by atoms with Crippen LogP contribution in [0.3, 0.4) is 0 Å². The summed E-state index contributed by atoms with van der Waals surface area (Å²) in [6.07, 6.45) is 0. The third kappa shape index (κ3) is 1.54. The van der Waals surface area contributed by atoms with Gasteiger partial charge < -0.3 is 4.90 Å². The zero-order valence-corrected chi connectivity index (χ0v) is 11.4. The molecule has 0 unspecified atom stereocenters. The maximum Gasteiger partial charge on any atom is 0.0886 e. The first-order valence-electron chi connectivity index (χ1n) is 6.48. The van der Waals surface area contributed by atoms with E-state index >= 15 is 0 Å². The molecular formula is C15H19N3. The molecular weight excluding hydrogens is 222 g/mol. The van der Waals surface area contributed by atoms with Crippen molar-refractivity contribution in [2.24, 2.45) is 0 Å². The molecule has 1 aromatic heterocycles. The van der Waals surface area contributed by atoms with Crippen molar-refractivity contribution in [3.8, 4) is 5.69 Å². The Kier molecular flexibility index (Phi) is 2.44. The number of rotatable bonds is 1. The fourth-order valence-corrected chi connectivity index (χ4v) is 2.80. The van der Waals surface area contributed by atoms with E-state index in [9.17, 15) is 0 Å². The van der Waals surface area contributed by atoms with E-state index in [1.807, 2.05) is 0 Å².